The SMILES string of the molecule is Cc1cccc(NC(=O)c2ccccc2NC(=O)C(=O)NN=Cc2ccc(O)cc2O)c1. The number of phenolic OH excluding ortho intramolecular Hbond substituents is 2. The van der Waals surface area contributed by atoms with Gasteiger partial charge >= 0.3 is 11.8 Å². The van der Waals surface area contributed by atoms with Crippen molar-refractivity contribution in [2.45, 2.75) is 6.92 Å². The van der Waals surface area contributed by atoms with Gasteiger partial charge < -0.3 is 20.8 Å². The first-order chi connectivity index (χ1) is 15.3. The first-order valence-electron chi connectivity index (χ1n) is 9.47. The minimum absolute atomic E-state index is 0.131. The van der Waals surface area contributed by atoms with Crippen molar-refractivity contribution >= 4 is 35.3 Å². The molecular weight excluding hydrogens is 412 g/mol. The van der Waals surface area contributed by atoms with E-state index in [-0.39, 0.29) is 28.3 Å². The zero-order valence-corrected chi connectivity index (χ0v) is 17.0. The number of hydrazone groups is 1. The largest absolute Gasteiger partial charge is 0.508 e. The molecular formula is C23H20N4O5. The van der Waals surface area contributed by atoms with Gasteiger partial charge in [-0.3, -0.25) is 14.4 Å². The second-order valence-electron chi connectivity index (χ2n) is 6.77. The van der Waals surface area contributed by atoms with E-state index >= 15 is 0 Å². The summed E-state index contributed by atoms with van der Waals surface area (Å²) < 4.78 is 0. The van der Waals surface area contributed by atoms with Crippen LogP contribution >= 0.6 is 0 Å². The topological polar surface area (TPSA) is 140 Å². The summed E-state index contributed by atoms with van der Waals surface area (Å²) >= 11 is 0. The molecule has 9 nitrogen and oxygen atoms in total. The van der Waals surface area contributed by atoms with Crippen molar-refractivity contribution in [2.75, 3.05) is 10.6 Å². The first kappa shape index (κ1) is 22.0. The van der Waals surface area contributed by atoms with Gasteiger partial charge in [-0.05, 0) is 48.9 Å². The molecule has 3 aromatic rings. The molecule has 0 aliphatic heterocycles. The number of hydrogen-bond acceptors (Lipinski definition) is 6. The monoisotopic (exact) mass is 432 g/mol. The number of nitrogens with one attached hydrogen (secondary N) is 3. The molecule has 0 saturated carbocycles. The van der Waals surface area contributed by atoms with Crippen molar-refractivity contribution in [1.29, 1.82) is 0 Å². The summed E-state index contributed by atoms with van der Waals surface area (Å²) in [6.45, 7) is 1.90. The number of nitrogens with zero attached hydrogens (tertiary/aromatic N) is 1. The summed E-state index contributed by atoms with van der Waals surface area (Å²) in [6, 6.07) is 17.3. The van der Waals surface area contributed by atoms with Crippen LogP contribution in [0.15, 0.2) is 71.8 Å². The number of rotatable bonds is 5. The fourth-order valence-corrected chi connectivity index (χ4v) is 2.74. The molecule has 9 heteroatoms. The molecule has 0 aliphatic rings. The number of carbonyl (C=O) groups excluding carboxylic acids is 3. The van der Waals surface area contributed by atoms with Gasteiger partial charge in [0.05, 0.1) is 17.5 Å². The Hall–Kier alpha value is -4.66. The molecule has 32 heavy (non-hydrogen) atoms. The second-order valence-corrected chi connectivity index (χ2v) is 6.77. The molecule has 0 heterocycles. The zero-order valence-electron chi connectivity index (χ0n) is 17.0. The Morgan fingerprint density at radius 2 is 1.66 bits per heavy atom. The summed E-state index contributed by atoms with van der Waals surface area (Å²) in [6.07, 6.45) is 1.11. The van der Waals surface area contributed by atoms with Crippen LogP contribution < -0.4 is 16.1 Å². The lowest BCUT2D eigenvalue weighted by Gasteiger charge is -2.11. The van der Waals surface area contributed by atoms with Crippen LogP contribution in [-0.4, -0.2) is 34.1 Å². The molecule has 3 rings (SSSR count). The summed E-state index contributed by atoms with van der Waals surface area (Å²) in [5.41, 5.74) is 4.15. The van der Waals surface area contributed by atoms with Gasteiger partial charge in [0.25, 0.3) is 5.91 Å². The van der Waals surface area contributed by atoms with E-state index in [1.165, 1.54) is 24.3 Å². The molecule has 3 aromatic carbocycles. The molecule has 3 amide bonds. The number of para-hydroxylation sites is 1. The van der Waals surface area contributed by atoms with Crippen molar-refractivity contribution in [1.82, 2.24) is 5.43 Å². The van der Waals surface area contributed by atoms with Crippen LogP contribution in [0, 0.1) is 6.92 Å². The average Bonchev–Trinajstić information content (AvgIpc) is 2.75. The molecule has 0 bridgehead atoms. The van der Waals surface area contributed by atoms with E-state index in [1.54, 1.807) is 30.3 Å². The number of amides is 3. The third kappa shape index (κ3) is 5.70. The number of aromatic hydroxyl groups is 2. The lowest BCUT2D eigenvalue weighted by Crippen LogP contribution is -2.33. The molecule has 0 saturated heterocycles. The molecule has 0 unspecified atom stereocenters. The van der Waals surface area contributed by atoms with E-state index in [0.717, 1.165) is 17.8 Å². The van der Waals surface area contributed by atoms with Crippen molar-refractivity contribution in [3.8, 4) is 11.5 Å². The second kappa shape index (κ2) is 9.90. The van der Waals surface area contributed by atoms with Crippen LogP contribution in [0.2, 0.25) is 0 Å². The Morgan fingerprint density at radius 3 is 2.41 bits per heavy atom. The smallest absolute Gasteiger partial charge is 0.329 e. The molecule has 0 spiro atoms. The third-order valence-electron chi connectivity index (χ3n) is 4.29. The Morgan fingerprint density at radius 1 is 0.875 bits per heavy atom. The molecule has 0 fully saturated rings. The molecule has 0 radical (unpaired) electrons. The van der Waals surface area contributed by atoms with Gasteiger partial charge in [0, 0.05) is 17.3 Å². The first-order valence-corrected chi connectivity index (χ1v) is 9.47. The highest BCUT2D eigenvalue weighted by molar-refractivity contribution is 6.40. The van der Waals surface area contributed by atoms with E-state index in [4.69, 9.17) is 0 Å². The summed E-state index contributed by atoms with van der Waals surface area (Å²) in [5, 5.41) is 27.7. The highest BCUT2D eigenvalue weighted by atomic mass is 16.3. The minimum Gasteiger partial charge on any atom is -0.508 e. The van der Waals surface area contributed by atoms with E-state index in [2.05, 4.69) is 15.7 Å². The van der Waals surface area contributed by atoms with Crippen molar-refractivity contribution in [2.24, 2.45) is 5.10 Å². The van der Waals surface area contributed by atoms with Crippen LogP contribution in [0.4, 0.5) is 11.4 Å². The van der Waals surface area contributed by atoms with E-state index in [0.29, 0.717) is 5.69 Å². The van der Waals surface area contributed by atoms with Gasteiger partial charge in [-0.1, -0.05) is 24.3 Å². The van der Waals surface area contributed by atoms with Gasteiger partial charge in [0.2, 0.25) is 0 Å². The van der Waals surface area contributed by atoms with Crippen LogP contribution in [0.25, 0.3) is 0 Å². The quantitative estimate of drug-likeness (QED) is 0.240. The number of benzene rings is 3. The molecule has 5 N–H and O–H groups in total. The van der Waals surface area contributed by atoms with Crippen LogP contribution in [0.5, 0.6) is 11.5 Å². The lowest BCUT2D eigenvalue weighted by molar-refractivity contribution is -0.136. The lowest BCUT2D eigenvalue weighted by atomic mass is 10.1. The molecule has 0 aromatic heterocycles. The molecule has 0 aliphatic carbocycles. The Labute approximate surface area is 183 Å². The maximum Gasteiger partial charge on any atom is 0.329 e. The van der Waals surface area contributed by atoms with Crippen molar-refractivity contribution in [3.63, 3.8) is 0 Å². The fourth-order valence-electron chi connectivity index (χ4n) is 2.74. The van der Waals surface area contributed by atoms with Crippen molar-refractivity contribution in [3.05, 3.63) is 83.4 Å². The van der Waals surface area contributed by atoms with Gasteiger partial charge in [-0.25, -0.2) is 5.43 Å². The summed E-state index contributed by atoms with van der Waals surface area (Å²) in [4.78, 5) is 36.9. The third-order valence-corrected chi connectivity index (χ3v) is 4.29. The number of anilines is 2. The van der Waals surface area contributed by atoms with Gasteiger partial charge in [0.1, 0.15) is 11.5 Å². The minimum atomic E-state index is -1.08. The van der Waals surface area contributed by atoms with Gasteiger partial charge in [-0.2, -0.15) is 5.10 Å². The predicted octanol–water partition coefficient (Wildman–Crippen LogP) is 2.75. The highest BCUT2D eigenvalue weighted by Crippen LogP contribution is 2.21. The summed E-state index contributed by atoms with van der Waals surface area (Å²) in [7, 11) is 0. The zero-order chi connectivity index (χ0) is 23.1. The maximum absolute atomic E-state index is 12.7. The predicted molar refractivity (Wildman–Crippen MR) is 120 cm³/mol. The fraction of sp³-hybridized carbons (Fsp3) is 0.0435. The Kier molecular flexibility index (Phi) is 6.81. The standard InChI is InChI=1S/C23H20N4O5/c1-14-5-4-6-16(11-14)25-21(30)18-7-2-3-8-19(18)26-22(31)23(32)27-24-13-15-9-10-17(28)12-20(15)29/h2-13,28-29H,1H3,(H,25,30)(H,26,31)(H,27,32). The maximum atomic E-state index is 12.7. The average molecular weight is 432 g/mol. The van der Waals surface area contributed by atoms with Crippen LogP contribution in [0.1, 0.15) is 21.5 Å². The Balaban J connectivity index is 1.65. The van der Waals surface area contributed by atoms with Crippen molar-refractivity contribution < 1.29 is 24.6 Å². The number of aryl methyl sites for hydroxylation is 1. The van der Waals surface area contributed by atoms with Crippen LogP contribution in [0.3, 0.4) is 0 Å². The van der Waals surface area contributed by atoms with E-state index < -0.39 is 17.7 Å². The summed E-state index contributed by atoms with van der Waals surface area (Å²) in [5.74, 6) is -2.94. The number of hydrogen-bond donors (Lipinski definition) is 5. The molecule has 162 valence electrons. The van der Waals surface area contributed by atoms with E-state index in [9.17, 15) is 24.6 Å². The Bertz CT molecular complexity index is 1210. The van der Waals surface area contributed by atoms with Crippen LogP contribution in [-0.2, 0) is 9.59 Å². The normalized spacial score (nSPS) is 10.5. The number of carbonyl (C=O) groups is 3. The number of phenols is 2. The van der Waals surface area contributed by atoms with E-state index in [1.807, 2.05) is 18.4 Å². The van der Waals surface area contributed by atoms with Gasteiger partial charge in [-0.15, -0.1) is 0 Å². The molecule has 0 atom stereocenters. The van der Waals surface area contributed by atoms with Gasteiger partial charge in [0.15, 0.2) is 0 Å². The highest BCUT2D eigenvalue weighted by Gasteiger charge is 2.18.